The number of nitrogens with zero attached hydrogens (tertiary/aromatic N) is 2. The lowest BCUT2D eigenvalue weighted by Gasteiger charge is -2.35. The Hall–Kier alpha value is -3.36. The zero-order valence-electron chi connectivity index (χ0n) is 23.9. The minimum Gasteiger partial charge on any atom is -0.350 e. The van der Waals surface area contributed by atoms with Gasteiger partial charge in [0.1, 0.15) is 12.6 Å². The fourth-order valence-corrected chi connectivity index (χ4v) is 5.53. The number of amides is 2. The number of carbonyl (C=O) groups excluding carboxylic acids is 2. The second-order valence-corrected chi connectivity index (χ2v) is 13.5. The third-order valence-electron chi connectivity index (χ3n) is 6.32. The van der Waals surface area contributed by atoms with Crippen LogP contribution in [-0.2, 0) is 32.6 Å². The first-order valence-corrected chi connectivity index (χ1v) is 15.3. The molecule has 3 aromatic carbocycles. The van der Waals surface area contributed by atoms with E-state index in [1.165, 1.54) is 11.0 Å². The molecule has 0 aliphatic carbocycles. The lowest BCUT2D eigenvalue weighted by molar-refractivity contribution is -0.140. The van der Waals surface area contributed by atoms with Gasteiger partial charge in [0.2, 0.25) is 21.8 Å². The van der Waals surface area contributed by atoms with E-state index in [9.17, 15) is 18.0 Å². The molecule has 214 valence electrons. The van der Waals surface area contributed by atoms with Crippen LogP contribution in [-0.4, -0.2) is 49.5 Å². The summed E-state index contributed by atoms with van der Waals surface area (Å²) in [6.07, 6.45) is 1.31. The van der Waals surface area contributed by atoms with Gasteiger partial charge in [-0.15, -0.1) is 0 Å². The van der Waals surface area contributed by atoms with Crippen molar-refractivity contribution in [2.24, 2.45) is 0 Å². The maximum atomic E-state index is 14.2. The number of hydrogen-bond donors (Lipinski definition) is 1. The van der Waals surface area contributed by atoms with E-state index in [0.717, 1.165) is 27.3 Å². The molecule has 2 amide bonds. The first-order valence-electron chi connectivity index (χ1n) is 13.1. The Kier molecular flexibility index (Phi) is 10.0. The van der Waals surface area contributed by atoms with Crippen molar-refractivity contribution in [3.8, 4) is 0 Å². The van der Waals surface area contributed by atoms with Gasteiger partial charge in [0.15, 0.2) is 0 Å². The fraction of sp³-hybridized carbons (Fsp3) is 0.355. The zero-order valence-corrected chi connectivity index (χ0v) is 25.5. The van der Waals surface area contributed by atoms with Crippen molar-refractivity contribution in [1.29, 1.82) is 0 Å². The van der Waals surface area contributed by atoms with Crippen LogP contribution in [0.3, 0.4) is 0 Å². The minimum absolute atomic E-state index is 0.127. The van der Waals surface area contributed by atoms with Gasteiger partial charge in [0.25, 0.3) is 0 Å². The van der Waals surface area contributed by atoms with Crippen molar-refractivity contribution in [2.45, 2.75) is 59.2 Å². The fourth-order valence-electron chi connectivity index (χ4n) is 4.46. The van der Waals surface area contributed by atoms with Crippen LogP contribution in [0.2, 0.25) is 5.02 Å². The molecule has 1 atom stereocenters. The van der Waals surface area contributed by atoms with E-state index in [-0.39, 0.29) is 18.9 Å². The van der Waals surface area contributed by atoms with Gasteiger partial charge in [-0.05, 0) is 63.4 Å². The van der Waals surface area contributed by atoms with Gasteiger partial charge in [-0.2, -0.15) is 0 Å². The van der Waals surface area contributed by atoms with Gasteiger partial charge in [-0.25, -0.2) is 8.42 Å². The molecule has 1 unspecified atom stereocenters. The average Bonchev–Trinajstić information content (AvgIpc) is 2.85. The van der Waals surface area contributed by atoms with E-state index in [2.05, 4.69) is 5.32 Å². The smallest absolute Gasteiger partial charge is 0.244 e. The van der Waals surface area contributed by atoms with Crippen LogP contribution in [0.4, 0.5) is 5.69 Å². The van der Waals surface area contributed by atoms with Crippen molar-refractivity contribution in [2.75, 3.05) is 17.1 Å². The molecule has 0 saturated carbocycles. The summed E-state index contributed by atoms with van der Waals surface area (Å²) in [5.41, 5.74) is 3.15. The third kappa shape index (κ3) is 8.83. The van der Waals surface area contributed by atoms with Crippen LogP contribution in [0.25, 0.3) is 0 Å². The first-order chi connectivity index (χ1) is 18.6. The lowest BCUT2D eigenvalue weighted by atomic mass is 10.0. The molecular weight excluding hydrogens is 546 g/mol. The Morgan fingerprint density at radius 3 is 2.17 bits per heavy atom. The van der Waals surface area contributed by atoms with E-state index in [1.807, 2.05) is 82.3 Å². The molecular formula is C31H38ClN3O4S. The number of halogens is 1. The molecule has 0 bridgehead atoms. The van der Waals surface area contributed by atoms with Gasteiger partial charge in [0, 0.05) is 23.5 Å². The molecule has 3 aromatic rings. The number of carbonyl (C=O) groups is 2. The van der Waals surface area contributed by atoms with E-state index < -0.39 is 34.1 Å². The van der Waals surface area contributed by atoms with Crippen molar-refractivity contribution >= 4 is 39.1 Å². The van der Waals surface area contributed by atoms with Gasteiger partial charge in [-0.1, -0.05) is 77.8 Å². The van der Waals surface area contributed by atoms with Gasteiger partial charge < -0.3 is 10.2 Å². The van der Waals surface area contributed by atoms with Crippen molar-refractivity contribution in [3.63, 3.8) is 0 Å². The monoisotopic (exact) mass is 583 g/mol. The highest BCUT2D eigenvalue weighted by molar-refractivity contribution is 7.92. The number of aryl methyl sites for hydroxylation is 2. The van der Waals surface area contributed by atoms with Crippen LogP contribution in [0.1, 0.15) is 43.0 Å². The molecule has 1 N–H and O–H groups in total. The van der Waals surface area contributed by atoms with Crippen molar-refractivity contribution in [3.05, 3.63) is 100 Å². The van der Waals surface area contributed by atoms with E-state index in [0.29, 0.717) is 16.3 Å². The molecule has 0 aliphatic rings. The highest BCUT2D eigenvalue weighted by Gasteiger charge is 2.34. The highest BCUT2D eigenvalue weighted by Crippen LogP contribution is 2.27. The van der Waals surface area contributed by atoms with E-state index in [1.54, 1.807) is 19.1 Å². The molecule has 40 heavy (non-hydrogen) atoms. The second-order valence-electron chi connectivity index (χ2n) is 11.2. The van der Waals surface area contributed by atoms with Gasteiger partial charge in [0.05, 0.1) is 11.9 Å². The number of rotatable bonds is 10. The minimum atomic E-state index is -3.87. The Bertz CT molecular complexity index is 1450. The number of benzene rings is 3. The summed E-state index contributed by atoms with van der Waals surface area (Å²) in [5, 5.41) is 3.37. The number of anilines is 1. The largest absolute Gasteiger partial charge is 0.350 e. The summed E-state index contributed by atoms with van der Waals surface area (Å²) in [5.74, 6) is -0.821. The standard InChI is InChI=1S/C31H38ClN3O4S/c1-22-11-10-14-25(17-22)20-34(28(30(37)33-31(3,4)5)18-24-12-8-7-9-13-24)29(36)21-35(40(6,38)39)27-19-26(32)16-15-23(27)2/h7-17,19,28H,18,20-21H2,1-6H3,(H,33,37). The Morgan fingerprint density at radius 1 is 0.925 bits per heavy atom. The van der Waals surface area contributed by atoms with Crippen LogP contribution in [0, 0.1) is 13.8 Å². The molecule has 0 spiro atoms. The molecule has 0 radical (unpaired) electrons. The van der Waals surface area contributed by atoms with Crippen LogP contribution in [0.15, 0.2) is 72.8 Å². The van der Waals surface area contributed by atoms with Crippen LogP contribution in [0.5, 0.6) is 0 Å². The average molecular weight is 584 g/mol. The Balaban J connectivity index is 2.10. The summed E-state index contributed by atoms with van der Waals surface area (Å²) in [6.45, 7) is 8.99. The molecule has 7 nitrogen and oxygen atoms in total. The Morgan fingerprint density at radius 2 is 1.57 bits per heavy atom. The van der Waals surface area contributed by atoms with Crippen molar-refractivity contribution in [1.82, 2.24) is 10.2 Å². The topological polar surface area (TPSA) is 86.8 Å². The molecule has 9 heteroatoms. The molecule has 0 heterocycles. The molecule has 0 saturated heterocycles. The molecule has 0 aliphatic heterocycles. The van der Waals surface area contributed by atoms with Gasteiger partial charge in [-0.3, -0.25) is 13.9 Å². The summed E-state index contributed by atoms with van der Waals surface area (Å²) < 4.78 is 27.0. The zero-order chi connectivity index (χ0) is 29.7. The lowest BCUT2D eigenvalue weighted by Crippen LogP contribution is -2.56. The van der Waals surface area contributed by atoms with Crippen LogP contribution >= 0.6 is 11.6 Å². The molecule has 0 fully saturated rings. The Labute approximate surface area is 243 Å². The molecule has 3 rings (SSSR count). The van der Waals surface area contributed by atoms with Crippen molar-refractivity contribution < 1.29 is 18.0 Å². The summed E-state index contributed by atoms with van der Waals surface area (Å²) in [7, 11) is -3.87. The number of hydrogen-bond acceptors (Lipinski definition) is 4. The number of nitrogens with one attached hydrogen (secondary N) is 1. The SMILES string of the molecule is Cc1cccc(CN(C(=O)CN(c2cc(Cl)ccc2C)S(C)(=O)=O)C(Cc2ccccc2)C(=O)NC(C)(C)C)c1. The predicted molar refractivity (Wildman–Crippen MR) is 162 cm³/mol. The first kappa shape index (κ1) is 31.2. The highest BCUT2D eigenvalue weighted by atomic mass is 35.5. The molecule has 0 aromatic heterocycles. The maximum Gasteiger partial charge on any atom is 0.244 e. The summed E-state index contributed by atoms with van der Waals surface area (Å²) in [4.78, 5) is 29.4. The second kappa shape index (κ2) is 12.9. The van der Waals surface area contributed by atoms with Crippen LogP contribution < -0.4 is 9.62 Å². The third-order valence-corrected chi connectivity index (χ3v) is 7.69. The summed E-state index contributed by atoms with van der Waals surface area (Å²) in [6, 6.07) is 21.2. The van der Waals surface area contributed by atoms with E-state index in [4.69, 9.17) is 11.6 Å². The normalized spacial score (nSPS) is 12.5. The van der Waals surface area contributed by atoms with Gasteiger partial charge >= 0.3 is 0 Å². The maximum absolute atomic E-state index is 14.2. The summed E-state index contributed by atoms with van der Waals surface area (Å²) >= 11 is 6.21. The predicted octanol–water partition coefficient (Wildman–Crippen LogP) is 5.28. The van der Waals surface area contributed by atoms with E-state index >= 15 is 0 Å². The number of sulfonamides is 1. The quantitative estimate of drug-likeness (QED) is 0.352.